The summed E-state index contributed by atoms with van der Waals surface area (Å²) < 4.78 is 5.95. The van der Waals surface area contributed by atoms with Gasteiger partial charge in [-0.15, -0.1) is 0 Å². The normalized spacial score (nSPS) is 13.2. The smallest absolute Gasteiger partial charge is 0.407 e. The van der Waals surface area contributed by atoms with Crippen molar-refractivity contribution in [2.75, 3.05) is 6.61 Å². The average molecular weight is 485 g/mol. The molecule has 0 aliphatic carbocycles. The summed E-state index contributed by atoms with van der Waals surface area (Å²) in [4.78, 5) is 18.0. The monoisotopic (exact) mass is 484 g/mol. The van der Waals surface area contributed by atoms with Gasteiger partial charge in [0.25, 0.3) is 0 Å². The van der Waals surface area contributed by atoms with Crippen LogP contribution in [-0.2, 0) is 20.4 Å². The van der Waals surface area contributed by atoms with Crippen LogP contribution >= 0.6 is 0 Å². The van der Waals surface area contributed by atoms with Crippen molar-refractivity contribution in [2.45, 2.75) is 59.3 Å². The van der Waals surface area contributed by atoms with E-state index in [0.717, 1.165) is 5.56 Å². The third kappa shape index (κ3) is 6.48. The number of carbonyl (C=O) groups excluding carboxylic acids is 1. The van der Waals surface area contributed by atoms with Crippen LogP contribution < -0.4 is 0 Å². The SMILES string of the molecule is CCOC(=O)/C(C(=Nc1ccc(C(C)(C)C)cc1)c1ccccc1)=[N+](/[O-])c1ccc(C(C)(C)C)cc1. The molecule has 0 saturated carbocycles. The van der Waals surface area contributed by atoms with E-state index in [2.05, 4.69) is 41.5 Å². The Balaban J connectivity index is 2.22. The molecule has 0 unspecified atom stereocenters. The molecule has 0 N–H and O–H groups in total. The quantitative estimate of drug-likeness (QED) is 0.122. The lowest BCUT2D eigenvalue weighted by Crippen LogP contribution is -2.33. The van der Waals surface area contributed by atoms with Crippen molar-refractivity contribution in [1.82, 2.24) is 0 Å². The molecule has 0 amide bonds. The Labute approximate surface area is 214 Å². The molecule has 188 valence electrons. The van der Waals surface area contributed by atoms with Gasteiger partial charge in [0, 0.05) is 17.7 Å². The van der Waals surface area contributed by atoms with Crippen LogP contribution in [0.2, 0.25) is 0 Å². The number of esters is 1. The first-order chi connectivity index (χ1) is 16.9. The number of aliphatic imine (C=N–C) groups is 1. The molecule has 0 bridgehead atoms. The minimum atomic E-state index is -0.721. The van der Waals surface area contributed by atoms with Crippen molar-refractivity contribution in [1.29, 1.82) is 0 Å². The van der Waals surface area contributed by atoms with E-state index in [0.29, 0.717) is 21.7 Å². The fourth-order valence-corrected chi connectivity index (χ4v) is 3.72. The molecule has 0 saturated heterocycles. The number of rotatable bonds is 6. The Bertz CT molecular complexity index is 1240. The van der Waals surface area contributed by atoms with Crippen LogP contribution in [-0.4, -0.2) is 28.7 Å². The summed E-state index contributed by atoms with van der Waals surface area (Å²) >= 11 is 0. The van der Waals surface area contributed by atoms with E-state index in [1.165, 1.54) is 5.56 Å². The summed E-state index contributed by atoms with van der Waals surface area (Å²) in [6, 6.07) is 24.4. The van der Waals surface area contributed by atoms with E-state index in [1.807, 2.05) is 66.7 Å². The molecule has 3 aromatic carbocycles. The van der Waals surface area contributed by atoms with Gasteiger partial charge in [0.05, 0.1) is 12.3 Å². The lowest BCUT2D eigenvalue weighted by Gasteiger charge is -2.19. The summed E-state index contributed by atoms with van der Waals surface area (Å²) in [6.07, 6.45) is 0. The second-order valence-corrected chi connectivity index (χ2v) is 10.8. The minimum Gasteiger partial charge on any atom is -0.618 e. The number of hydrogen-bond acceptors (Lipinski definition) is 4. The highest BCUT2D eigenvalue weighted by Crippen LogP contribution is 2.27. The number of ether oxygens (including phenoxy) is 1. The van der Waals surface area contributed by atoms with Gasteiger partial charge in [0.2, 0.25) is 5.69 Å². The highest BCUT2D eigenvalue weighted by Gasteiger charge is 2.31. The van der Waals surface area contributed by atoms with E-state index < -0.39 is 5.97 Å². The van der Waals surface area contributed by atoms with E-state index in [9.17, 15) is 10.0 Å². The zero-order valence-corrected chi connectivity index (χ0v) is 22.3. The molecule has 3 rings (SSSR count). The van der Waals surface area contributed by atoms with Gasteiger partial charge >= 0.3 is 11.7 Å². The molecule has 0 radical (unpaired) electrons. The van der Waals surface area contributed by atoms with Crippen molar-refractivity contribution in [3.05, 3.63) is 101 Å². The molecular weight excluding hydrogens is 448 g/mol. The second kappa shape index (κ2) is 10.9. The Morgan fingerprint density at radius 3 is 1.78 bits per heavy atom. The molecule has 0 aromatic heterocycles. The Hall–Kier alpha value is -3.73. The van der Waals surface area contributed by atoms with E-state index in [-0.39, 0.29) is 28.9 Å². The molecule has 5 heteroatoms. The van der Waals surface area contributed by atoms with Crippen LogP contribution in [0.5, 0.6) is 0 Å². The molecule has 36 heavy (non-hydrogen) atoms. The van der Waals surface area contributed by atoms with Crippen molar-refractivity contribution in [3.8, 4) is 0 Å². The van der Waals surface area contributed by atoms with Gasteiger partial charge in [0.1, 0.15) is 0 Å². The highest BCUT2D eigenvalue weighted by molar-refractivity contribution is 6.67. The van der Waals surface area contributed by atoms with Gasteiger partial charge in [0.15, 0.2) is 5.71 Å². The summed E-state index contributed by atoms with van der Waals surface area (Å²) in [6.45, 7) is 14.6. The topological polar surface area (TPSA) is 64.7 Å². The zero-order chi connectivity index (χ0) is 26.5. The molecule has 0 atom stereocenters. The minimum absolute atomic E-state index is 0.00223. The van der Waals surface area contributed by atoms with Crippen LogP contribution in [0, 0.1) is 5.21 Å². The molecule has 3 aromatic rings. The summed E-state index contributed by atoms with van der Waals surface area (Å²) in [7, 11) is 0. The highest BCUT2D eigenvalue weighted by atomic mass is 16.5. The van der Waals surface area contributed by atoms with Crippen LogP contribution in [0.4, 0.5) is 11.4 Å². The molecular formula is C31H36N2O3. The Morgan fingerprint density at radius 2 is 1.31 bits per heavy atom. The van der Waals surface area contributed by atoms with Crippen LogP contribution in [0.1, 0.15) is 65.2 Å². The summed E-state index contributed by atoms with van der Waals surface area (Å²) in [5.41, 5.74) is 3.91. The van der Waals surface area contributed by atoms with E-state index in [1.54, 1.807) is 19.1 Å². The van der Waals surface area contributed by atoms with Gasteiger partial charge in [-0.25, -0.2) is 9.79 Å². The maximum atomic E-state index is 13.7. The Kier molecular flexibility index (Phi) is 8.13. The van der Waals surface area contributed by atoms with Crippen molar-refractivity contribution >= 4 is 28.8 Å². The number of benzene rings is 3. The first kappa shape index (κ1) is 26.9. The number of hydrogen-bond donors (Lipinski definition) is 0. The first-order valence-electron chi connectivity index (χ1n) is 12.3. The lowest BCUT2D eigenvalue weighted by atomic mass is 9.87. The average Bonchev–Trinajstić information content (AvgIpc) is 2.83. The maximum absolute atomic E-state index is 13.7. The number of nitrogens with zero attached hydrogens (tertiary/aromatic N) is 2. The molecule has 0 heterocycles. The third-order valence-corrected chi connectivity index (χ3v) is 5.89. The van der Waals surface area contributed by atoms with Crippen molar-refractivity contribution in [3.63, 3.8) is 0 Å². The number of carbonyl (C=O) groups is 1. The lowest BCUT2D eigenvalue weighted by molar-refractivity contribution is -0.358. The van der Waals surface area contributed by atoms with Gasteiger partial charge in [-0.2, -0.15) is 4.74 Å². The largest absolute Gasteiger partial charge is 0.618 e. The third-order valence-electron chi connectivity index (χ3n) is 5.89. The fraction of sp³-hybridized carbons (Fsp3) is 0.323. The van der Waals surface area contributed by atoms with E-state index in [4.69, 9.17) is 9.73 Å². The standard InChI is InChI=1S/C31H36N2O3/c1-8-36-29(34)28(33(35)26-20-16-24(17-21-26)31(5,6)7)27(22-12-10-9-11-13-22)32-25-18-14-23(15-19-25)30(2,3)4/h9-21H,8H2,1-7H3/b32-27?,33-28+. The van der Waals surface area contributed by atoms with Gasteiger partial charge in [-0.1, -0.05) is 96.1 Å². The first-order valence-corrected chi connectivity index (χ1v) is 12.3. The molecule has 0 spiro atoms. The summed E-state index contributed by atoms with van der Waals surface area (Å²) in [5, 5.41) is 13.7. The van der Waals surface area contributed by atoms with Gasteiger partial charge < -0.3 is 9.94 Å². The van der Waals surface area contributed by atoms with Gasteiger partial charge in [-0.3, -0.25) is 0 Å². The van der Waals surface area contributed by atoms with Crippen molar-refractivity contribution < 1.29 is 14.3 Å². The maximum Gasteiger partial charge on any atom is 0.407 e. The fourth-order valence-electron chi connectivity index (χ4n) is 3.72. The van der Waals surface area contributed by atoms with Crippen LogP contribution in [0.25, 0.3) is 0 Å². The Morgan fingerprint density at radius 1 is 0.806 bits per heavy atom. The molecule has 0 fully saturated rings. The summed E-state index contributed by atoms with van der Waals surface area (Å²) in [5.74, 6) is -0.721. The molecule has 0 aliphatic heterocycles. The molecule has 5 nitrogen and oxygen atoms in total. The zero-order valence-electron chi connectivity index (χ0n) is 22.3. The van der Waals surface area contributed by atoms with Crippen LogP contribution in [0.15, 0.2) is 83.9 Å². The van der Waals surface area contributed by atoms with Gasteiger partial charge in [-0.05, 0) is 41.0 Å². The molecule has 0 aliphatic rings. The second-order valence-electron chi connectivity index (χ2n) is 10.8. The van der Waals surface area contributed by atoms with E-state index >= 15 is 0 Å². The van der Waals surface area contributed by atoms with Crippen LogP contribution in [0.3, 0.4) is 0 Å². The van der Waals surface area contributed by atoms with Crippen molar-refractivity contribution in [2.24, 2.45) is 4.99 Å². The predicted octanol–water partition coefficient (Wildman–Crippen LogP) is 7.25. The predicted molar refractivity (Wildman–Crippen MR) is 148 cm³/mol.